The van der Waals surface area contributed by atoms with Crippen molar-refractivity contribution in [1.82, 2.24) is 15.3 Å². The maximum absolute atomic E-state index is 5.68. The third-order valence-corrected chi connectivity index (χ3v) is 2.31. The molecule has 0 radical (unpaired) electrons. The molecule has 2 aromatic rings. The fourth-order valence-electron chi connectivity index (χ4n) is 1.34. The topological polar surface area (TPSA) is 47.0 Å². The van der Waals surface area contributed by atoms with E-state index in [1.165, 1.54) is 18.0 Å². The van der Waals surface area contributed by atoms with Crippen LogP contribution in [0, 0.1) is 0 Å². The number of halogens is 1. The average Bonchev–Trinajstić information content (AvgIpc) is 2.35. The summed E-state index contributed by atoms with van der Waals surface area (Å²) < 4.78 is 5.47. The highest BCUT2D eigenvalue weighted by Gasteiger charge is 2.00. The number of nitrogens with zero attached hydrogens (tertiary/aromatic N) is 2. The Morgan fingerprint density at radius 2 is 1.82 bits per heavy atom. The van der Waals surface area contributed by atoms with Gasteiger partial charge in [0.25, 0.3) is 0 Å². The number of aromatic nitrogens is 2. The number of hydrogen-bond acceptors (Lipinski definition) is 4. The van der Waals surface area contributed by atoms with Crippen molar-refractivity contribution in [1.29, 1.82) is 0 Å². The summed E-state index contributed by atoms with van der Waals surface area (Å²) in [4.78, 5) is 7.91. The molecule has 0 fully saturated rings. The van der Waals surface area contributed by atoms with Crippen molar-refractivity contribution in [3.05, 3.63) is 47.2 Å². The highest BCUT2D eigenvalue weighted by Crippen LogP contribution is 2.18. The minimum absolute atomic E-state index is 0.288. The van der Waals surface area contributed by atoms with Crippen LogP contribution in [0.15, 0.2) is 36.7 Å². The molecule has 17 heavy (non-hydrogen) atoms. The lowest BCUT2D eigenvalue weighted by Crippen LogP contribution is -2.04. The quantitative estimate of drug-likeness (QED) is 0.905. The lowest BCUT2D eigenvalue weighted by Gasteiger charge is -2.04. The highest BCUT2D eigenvalue weighted by atomic mass is 35.5. The summed E-state index contributed by atoms with van der Waals surface area (Å²) in [5.74, 6) is 0.701. The summed E-state index contributed by atoms with van der Waals surface area (Å²) in [6, 6.07) is 8.02. The van der Waals surface area contributed by atoms with E-state index in [1.807, 2.05) is 31.3 Å². The van der Waals surface area contributed by atoms with E-state index in [-0.39, 0.29) is 6.01 Å². The van der Waals surface area contributed by atoms with E-state index in [4.69, 9.17) is 16.3 Å². The zero-order chi connectivity index (χ0) is 12.1. The predicted octanol–water partition coefficient (Wildman–Crippen LogP) is 2.64. The Bertz CT molecular complexity index is 470. The average molecular weight is 250 g/mol. The molecule has 1 heterocycles. The van der Waals surface area contributed by atoms with Crippen LogP contribution in [0.4, 0.5) is 0 Å². The molecule has 0 unspecified atom stereocenters. The largest absolute Gasteiger partial charge is 0.424 e. The zero-order valence-electron chi connectivity index (χ0n) is 9.35. The zero-order valence-corrected chi connectivity index (χ0v) is 10.1. The van der Waals surface area contributed by atoms with Crippen molar-refractivity contribution in [2.75, 3.05) is 7.05 Å². The van der Waals surface area contributed by atoms with Gasteiger partial charge in [-0.25, -0.2) is 9.97 Å². The highest BCUT2D eigenvalue weighted by molar-refractivity contribution is 6.30. The third-order valence-electron chi connectivity index (χ3n) is 2.11. The van der Waals surface area contributed by atoms with Gasteiger partial charge >= 0.3 is 6.01 Å². The second-order valence-electron chi connectivity index (χ2n) is 3.46. The van der Waals surface area contributed by atoms with Crippen molar-refractivity contribution in [3.8, 4) is 11.8 Å². The van der Waals surface area contributed by atoms with E-state index in [0.717, 1.165) is 6.54 Å². The Kier molecular flexibility index (Phi) is 3.90. The number of benzene rings is 1. The van der Waals surface area contributed by atoms with Crippen molar-refractivity contribution in [3.63, 3.8) is 0 Å². The molecule has 1 aromatic heterocycles. The van der Waals surface area contributed by atoms with Gasteiger partial charge in [0.15, 0.2) is 0 Å². The Hall–Kier alpha value is -1.65. The molecule has 1 N–H and O–H groups in total. The lowest BCUT2D eigenvalue weighted by molar-refractivity contribution is 0.441. The van der Waals surface area contributed by atoms with E-state index in [1.54, 1.807) is 0 Å². The van der Waals surface area contributed by atoms with Crippen LogP contribution in [-0.4, -0.2) is 17.0 Å². The van der Waals surface area contributed by atoms with Crippen LogP contribution in [0.5, 0.6) is 11.8 Å². The maximum atomic E-state index is 5.68. The molecule has 0 aliphatic heterocycles. The number of hydrogen-bond donors (Lipinski definition) is 1. The standard InChI is InChI=1S/C12H12ClN3O/c1-14-6-9-2-4-11(5-3-9)17-12-15-7-10(13)8-16-12/h2-5,7-8,14H,6H2,1H3. The number of ether oxygens (including phenoxy) is 1. The smallest absolute Gasteiger partial charge is 0.321 e. The molecule has 5 heteroatoms. The lowest BCUT2D eigenvalue weighted by atomic mass is 10.2. The predicted molar refractivity (Wildman–Crippen MR) is 66.3 cm³/mol. The fraction of sp³-hybridized carbons (Fsp3) is 0.167. The van der Waals surface area contributed by atoms with Gasteiger partial charge in [-0.2, -0.15) is 0 Å². The summed E-state index contributed by atoms with van der Waals surface area (Å²) in [6.45, 7) is 0.831. The third kappa shape index (κ3) is 3.41. The van der Waals surface area contributed by atoms with E-state index in [0.29, 0.717) is 10.8 Å². The van der Waals surface area contributed by atoms with Gasteiger partial charge in [-0.15, -0.1) is 0 Å². The Morgan fingerprint density at radius 3 is 2.41 bits per heavy atom. The summed E-state index contributed by atoms with van der Waals surface area (Å²) in [6.07, 6.45) is 3.00. The van der Waals surface area contributed by atoms with Crippen LogP contribution in [-0.2, 0) is 6.54 Å². The molecular weight excluding hydrogens is 238 g/mol. The van der Waals surface area contributed by atoms with Crippen LogP contribution >= 0.6 is 11.6 Å². The van der Waals surface area contributed by atoms with Crippen molar-refractivity contribution >= 4 is 11.6 Å². The maximum Gasteiger partial charge on any atom is 0.321 e. The molecule has 0 spiro atoms. The second-order valence-corrected chi connectivity index (χ2v) is 3.90. The van der Waals surface area contributed by atoms with Gasteiger partial charge < -0.3 is 10.1 Å². The summed E-state index contributed by atoms with van der Waals surface area (Å²) in [7, 11) is 1.91. The van der Waals surface area contributed by atoms with Gasteiger partial charge in [0.2, 0.25) is 0 Å². The van der Waals surface area contributed by atoms with Crippen molar-refractivity contribution in [2.24, 2.45) is 0 Å². The van der Waals surface area contributed by atoms with Crippen LogP contribution in [0.1, 0.15) is 5.56 Å². The molecular formula is C12H12ClN3O. The molecule has 0 saturated heterocycles. The normalized spacial score (nSPS) is 10.2. The molecule has 0 atom stereocenters. The molecule has 0 aliphatic rings. The molecule has 2 rings (SSSR count). The van der Waals surface area contributed by atoms with Gasteiger partial charge in [0, 0.05) is 6.54 Å². The summed E-state index contributed by atoms with van der Waals surface area (Å²) >= 11 is 5.68. The molecule has 4 nitrogen and oxygen atoms in total. The van der Waals surface area contributed by atoms with Crippen molar-refractivity contribution in [2.45, 2.75) is 6.54 Å². The Balaban J connectivity index is 2.05. The summed E-state index contributed by atoms with van der Waals surface area (Å²) in [5.41, 5.74) is 1.19. The van der Waals surface area contributed by atoms with Crippen LogP contribution < -0.4 is 10.1 Å². The molecule has 0 bridgehead atoms. The number of nitrogens with one attached hydrogen (secondary N) is 1. The molecule has 88 valence electrons. The monoisotopic (exact) mass is 249 g/mol. The van der Waals surface area contributed by atoms with E-state index in [2.05, 4.69) is 15.3 Å². The first-order chi connectivity index (χ1) is 8.28. The Labute approximate surface area is 105 Å². The van der Waals surface area contributed by atoms with E-state index < -0.39 is 0 Å². The molecule has 0 amide bonds. The minimum atomic E-state index is 0.288. The SMILES string of the molecule is CNCc1ccc(Oc2ncc(Cl)cn2)cc1. The van der Waals surface area contributed by atoms with E-state index >= 15 is 0 Å². The van der Waals surface area contributed by atoms with Gasteiger partial charge in [0.1, 0.15) is 5.75 Å². The second kappa shape index (κ2) is 5.61. The first-order valence-electron chi connectivity index (χ1n) is 5.17. The van der Waals surface area contributed by atoms with Gasteiger partial charge in [-0.3, -0.25) is 0 Å². The minimum Gasteiger partial charge on any atom is -0.424 e. The first kappa shape index (κ1) is 11.8. The summed E-state index contributed by atoms with van der Waals surface area (Å²) in [5, 5.41) is 3.57. The first-order valence-corrected chi connectivity index (χ1v) is 5.54. The van der Waals surface area contributed by atoms with Gasteiger partial charge in [-0.1, -0.05) is 23.7 Å². The fourth-order valence-corrected chi connectivity index (χ4v) is 1.44. The van der Waals surface area contributed by atoms with Crippen molar-refractivity contribution < 1.29 is 4.74 Å². The van der Waals surface area contributed by atoms with E-state index in [9.17, 15) is 0 Å². The van der Waals surface area contributed by atoms with Crippen LogP contribution in [0.25, 0.3) is 0 Å². The van der Waals surface area contributed by atoms with Crippen LogP contribution in [0.3, 0.4) is 0 Å². The van der Waals surface area contributed by atoms with Gasteiger partial charge in [-0.05, 0) is 24.7 Å². The molecule has 0 saturated carbocycles. The molecule has 1 aromatic carbocycles. The van der Waals surface area contributed by atoms with Gasteiger partial charge in [0.05, 0.1) is 17.4 Å². The van der Waals surface area contributed by atoms with Crippen LogP contribution in [0.2, 0.25) is 5.02 Å². The Morgan fingerprint density at radius 1 is 1.18 bits per heavy atom. The number of rotatable bonds is 4. The molecule has 0 aliphatic carbocycles.